The zero-order valence-electron chi connectivity index (χ0n) is 11.8. The zero-order valence-corrected chi connectivity index (χ0v) is 12.6. The molecule has 0 bridgehead atoms. The van der Waals surface area contributed by atoms with Crippen molar-refractivity contribution < 1.29 is 0 Å². The van der Waals surface area contributed by atoms with Gasteiger partial charge in [0.2, 0.25) is 0 Å². The summed E-state index contributed by atoms with van der Waals surface area (Å²) in [6.45, 7) is 6.82. The molecule has 3 rings (SSSR count). The molecule has 3 nitrogen and oxygen atoms in total. The van der Waals surface area contributed by atoms with Gasteiger partial charge in [-0.25, -0.2) is 9.97 Å². The molecule has 1 fully saturated rings. The first-order chi connectivity index (χ1) is 9.13. The minimum absolute atomic E-state index is 0.555. The molecule has 2 heterocycles. The monoisotopic (exact) mass is 275 g/mol. The summed E-state index contributed by atoms with van der Waals surface area (Å²) in [4.78, 5) is 8.84. The SMILES string of the molecule is Cc1csc2c(NC3CC(C)CC(C)C3)ncnc12. The number of rotatable bonds is 2. The predicted octanol–water partition coefficient (Wildman–Crippen LogP) is 4.24. The molecule has 4 heteroatoms. The van der Waals surface area contributed by atoms with E-state index in [-0.39, 0.29) is 0 Å². The third kappa shape index (κ3) is 2.59. The molecule has 0 radical (unpaired) electrons. The fourth-order valence-electron chi connectivity index (χ4n) is 3.33. The standard InChI is InChI=1S/C15H21N3S/c1-9-4-10(2)6-12(5-9)18-15-14-13(16-8-17-15)11(3)7-19-14/h7-10,12H,4-6H2,1-3H3,(H,16,17,18). The molecule has 2 unspecified atom stereocenters. The van der Waals surface area contributed by atoms with E-state index in [4.69, 9.17) is 0 Å². The van der Waals surface area contributed by atoms with Crippen molar-refractivity contribution in [1.82, 2.24) is 9.97 Å². The first-order valence-corrected chi connectivity index (χ1v) is 7.96. The molecular formula is C15H21N3S. The number of hydrogen-bond donors (Lipinski definition) is 1. The summed E-state index contributed by atoms with van der Waals surface area (Å²) in [5.74, 6) is 2.64. The van der Waals surface area contributed by atoms with E-state index in [1.54, 1.807) is 17.7 Å². The fraction of sp³-hybridized carbons (Fsp3) is 0.600. The summed E-state index contributed by atoms with van der Waals surface area (Å²) in [5.41, 5.74) is 2.34. The van der Waals surface area contributed by atoms with Gasteiger partial charge in [-0.3, -0.25) is 0 Å². The number of aryl methyl sites for hydroxylation is 1. The van der Waals surface area contributed by atoms with E-state index in [9.17, 15) is 0 Å². The zero-order chi connectivity index (χ0) is 13.4. The number of nitrogens with one attached hydrogen (secondary N) is 1. The summed E-state index contributed by atoms with van der Waals surface area (Å²) >= 11 is 1.74. The molecule has 1 saturated carbocycles. The third-order valence-electron chi connectivity index (χ3n) is 4.05. The van der Waals surface area contributed by atoms with Crippen LogP contribution in [-0.4, -0.2) is 16.0 Å². The van der Waals surface area contributed by atoms with Crippen LogP contribution in [0.2, 0.25) is 0 Å². The Hall–Kier alpha value is -1.16. The maximum atomic E-state index is 4.45. The lowest BCUT2D eigenvalue weighted by Crippen LogP contribution is -2.30. The van der Waals surface area contributed by atoms with Gasteiger partial charge >= 0.3 is 0 Å². The van der Waals surface area contributed by atoms with E-state index in [0.717, 1.165) is 23.2 Å². The van der Waals surface area contributed by atoms with Crippen LogP contribution < -0.4 is 5.32 Å². The van der Waals surface area contributed by atoms with Crippen molar-refractivity contribution >= 4 is 27.4 Å². The average molecular weight is 275 g/mol. The maximum absolute atomic E-state index is 4.45. The Kier molecular flexibility index (Phi) is 3.44. The molecule has 0 spiro atoms. The Balaban J connectivity index is 1.85. The van der Waals surface area contributed by atoms with Gasteiger partial charge in [-0.1, -0.05) is 13.8 Å². The van der Waals surface area contributed by atoms with E-state index < -0.39 is 0 Å². The van der Waals surface area contributed by atoms with Crippen LogP contribution in [0.1, 0.15) is 38.7 Å². The minimum Gasteiger partial charge on any atom is -0.366 e. The number of nitrogens with zero attached hydrogens (tertiary/aromatic N) is 2. The Morgan fingerprint density at radius 3 is 2.63 bits per heavy atom. The molecule has 2 atom stereocenters. The smallest absolute Gasteiger partial charge is 0.147 e. The number of fused-ring (bicyclic) bond motifs is 1. The second-order valence-corrected chi connectivity index (χ2v) is 6.96. The van der Waals surface area contributed by atoms with Crippen LogP contribution in [0.15, 0.2) is 11.7 Å². The molecular weight excluding hydrogens is 254 g/mol. The highest BCUT2D eigenvalue weighted by atomic mass is 32.1. The number of aromatic nitrogens is 2. The molecule has 0 aliphatic heterocycles. The summed E-state index contributed by atoms with van der Waals surface area (Å²) in [7, 11) is 0. The molecule has 0 saturated heterocycles. The number of anilines is 1. The van der Waals surface area contributed by atoms with Crippen molar-refractivity contribution in [2.24, 2.45) is 11.8 Å². The van der Waals surface area contributed by atoms with Crippen LogP contribution in [0, 0.1) is 18.8 Å². The molecule has 1 aliphatic carbocycles. The summed E-state index contributed by atoms with van der Waals surface area (Å²) < 4.78 is 1.20. The number of thiophene rings is 1. The van der Waals surface area contributed by atoms with Crippen molar-refractivity contribution in [3.05, 3.63) is 17.3 Å². The normalized spacial score (nSPS) is 27.6. The Labute approximate surface area is 118 Å². The van der Waals surface area contributed by atoms with Crippen molar-refractivity contribution in [3.8, 4) is 0 Å². The van der Waals surface area contributed by atoms with Gasteiger partial charge in [0, 0.05) is 6.04 Å². The van der Waals surface area contributed by atoms with Crippen molar-refractivity contribution in [2.45, 2.75) is 46.1 Å². The van der Waals surface area contributed by atoms with Crippen molar-refractivity contribution in [3.63, 3.8) is 0 Å². The van der Waals surface area contributed by atoms with E-state index >= 15 is 0 Å². The van der Waals surface area contributed by atoms with Crippen LogP contribution >= 0.6 is 11.3 Å². The molecule has 2 aromatic heterocycles. The molecule has 1 N–H and O–H groups in total. The minimum atomic E-state index is 0.555. The van der Waals surface area contributed by atoms with Crippen LogP contribution in [0.4, 0.5) is 5.82 Å². The first kappa shape index (κ1) is 12.9. The van der Waals surface area contributed by atoms with E-state index in [2.05, 4.69) is 41.4 Å². The third-order valence-corrected chi connectivity index (χ3v) is 5.14. The van der Waals surface area contributed by atoms with E-state index in [1.165, 1.54) is 29.5 Å². The largest absolute Gasteiger partial charge is 0.366 e. The van der Waals surface area contributed by atoms with Gasteiger partial charge < -0.3 is 5.32 Å². The van der Waals surface area contributed by atoms with Crippen LogP contribution in [-0.2, 0) is 0 Å². The van der Waals surface area contributed by atoms with Gasteiger partial charge in [0.25, 0.3) is 0 Å². The average Bonchev–Trinajstić information content (AvgIpc) is 2.71. The van der Waals surface area contributed by atoms with Crippen molar-refractivity contribution in [1.29, 1.82) is 0 Å². The highest BCUT2D eigenvalue weighted by Gasteiger charge is 2.24. The van der Waals surface area contributed by atoms with Gasteiger partial charge in [-0.2, -0.15) is 0 Å². The van der Waals surface area contributed by atoms with Gasteiger partial charge in [0.05, 0.1) is 10.2 Å². The number of hydrogen-bond acceptors (Lipinski definition) is 4. The van der Waals surface area contributed by atoms with E-state index in [0.29, 0.717) is 6.04 Å². The Morgan fingerprint density at radius 1 is 1.16 bits per heavy atom. The van der Waals surface area contributed by atoms with Crippen LogP contribution in [0.5, 0.6) is 0 Å². The lowest BCUT2D eigenvalue weighted by atomic mass is 9.80. The highest BCUT2D eigenvalue weighted by molar-refractivity contribution is 7.18. The first-order valence-electron chi connectivity index (χ1n) is 7.08. The lowest BCUT2D eigenvalue weighted by molar-refractivity contribution is 0.280. The van der Waals surface area contributed by atoms with Gasteiger partial charge in [-0.15, -0.1) is 11.3 Å². The molecule has 0 amide bonds. The maximum Gasteiger partial charge on any atom is 0.147 e. The summed E-state index contributed by atoms with van der Waals surface area (Å²) in [6.07, 6.45) is 5.54. The Bertz CT molecular complexity index is 568. The second kappa shape index (κ2) is 5.08. The van der Waals surface area contributed by atoms with Gasteiger partial charge in [0.15, 0.2) is 0 Å². The predicted molar refractivity (Wildman–Crippen MR) is 81.7 cm³/mol. The highest BCUT2D eigenvalue weighted by Crippen LogP contribution is 2.33. The Morgan fingerprint density at radius 2 is 1.89 bits per heavy atom. The fourth-order valence-corrected chi connectivity index (χ4v) is 4.29. The van der Waals surface area contributed by atoms with E-state index in [1.807, 2.05) is 0 Å². The van der Waals surface area contributed by atoms with Crippen molar-refractivity contribution in [2.75, 3.05) is 5.32 Å². The van der Waals surface area contributed by atoms with Crippen LogP contribution in [0.25, 0.3) is 10.2 Å². The molecule has 102 valence electrons. The molecule has 19 heavy (non-hydrogen) atoms. The lowest BCUT2D eigenvalue weighted by Gasteiger charge is -2.32. The van der Waals surface area contributed by atoms with Crippen LogP contribution in [0.3, 0.4) is 0 Å². The van der Waals surface area contributed by atoms with Gasteiger partial charge in [0.1, 0.15) is 12.1 Å². The second-order valence-electron chi connectivity index (χ2n) is 6.08. The summed E-state index contributed by atoms with van der Waals surface area (Å²) in [5, 5.41) is 5.82. The quantitative estimate of drug-likeness (QED) is 0.891. The molecule has 1 aliphatic rings. The summed E-state index contributed by atoms with van der Waals surface area (Å²) in [6, 6.07) is 0.555. The topological polar surface area (TPSA) is 37.8 Å². The molecule has 2 aromatic rings. The molecule has 0 aromatic carbocycles. The van der Waals surface area contributed by atoms with Gasteiger partial charge in [-0.05, 0) is 49.0 Å².